The van der Waals surface area contributed by atoms with Gasteiger partial charge >= 0.3 is 0 Å². The van der Waals surface area contributed by atoms with Gasteiger partial charge in [0, 0.05) is 16.2 Å². The average Bonchev–Trinajstić information content (AvgIpc) is 2.20. The van der Waals surface area contributed by atoms with Gasteiger partial charge in [-0.05, 0) is 54.6 Å². The van der Waals surface area contributed by atoms with Gasteiger partial charge in [0.05, 0.1) is 23.9 Å². The molecule has 0 aromatic heterocycles. The fourth-order valence-corrected chi connectivity index (χ4v) is 2.13. The molecule has 0 saturated heterocycles. The average molecular weight is 329 g/mol. The highest BCUT2D eigenvalue weighted by atomic mass is 127. The monoisotopic (exact) mass is 329 g/mol. The summed E-state index contributed by atoms with van der Waals surface area (Å²) in [5.41, 5.74) is 7.80. The Morgan fingerprint density at radius 1 is 1.50 bits per heavy atom. The van der Waals surface area contributed by atoms with Crippen LogP contribution in [0, 0.1) is 14.9 Å². The molecular formula is C12H16IN3. The molecule has 0 heterocycles. The minimum atomic E-state index is 0.343. The molecule has 1 rings (SSSR count). The third-order valence-electron chi connectivity index (χ3n) is 2.39. The van der Waals surface area contributed by atoms with E-state index < -0.39 is 0 Å². The van der Waals surface area contributed by atoms with E-state index in [4.69, 9.17) is 11.0 Å². The SMILES string of the molecule is CC(C)N(CCC#N)c1ccc(I)cc1N. The second kappa shape index (κ2) is 5.94. The molecule has 0 aliphatic rings. The summed E-state index contributed by atoms with van der Waals surface area (Å²) in [6.45, 7) is 4.93. The largest absolute Gasteiger partial charge is 0.397 e. The molecule has 1 aromatic rings. The lowest BCUT2D eigenvalue weighted by molar-refractivity contribution is 0.687. The number of nitrogens with two attached hydrogens (primary N) is 1. The van der Waals surface area contributed by atoms with Crippen LogP contribution >= 0.6 is 22.6 Å². The molecule has 0 atom stereocenters. The predicted octanol–water partition coefficient (Wildman–Crippen LogP) is 3.00. The standard InChI is InChI=1S/C12H16IN3/c1-9(2)16(7-3-6-14)12-5-4-10(13)8-11(12)15/h4-5,8-9H,3,7,15H2,1-2H3. The van der Waals surface area contributed by atoms with Crippen LogP contribution in [-0.2, 0) is 0 Å². The molecule has 0 aliphatic carbocycles. The second-order valence-corrected chi connectivity index (χ2v) is 5.14. The van der Waals surface area contributed by atoms with E-state index >= 15 is 0 Å². The van der Waals surface area contributed by atoms with Gasteiger partial charge in [0.1, 0.15) is 0 Å². The summed E-state index contributed by atoms with van der Waals surface area (Å²) in [6.07, 6.45) is 0.517. The molecule has 0 bridgehead atoms. The van der Waals surface area contributed by atoms with Crippen LogP contribution in [0.4, 0.5) is 11.4 Å². The minimum absolute atomic E-state index is 0.343. The van der Waals surface area contributed by atoms with Crippen LogP contribution in [0.3, 0.4) is 0 Å². The van der Waals surface area contributed by atoms with Gasteiger partial charge in [-0.15, -0.1) is 0 Å². The van der Waals surface area contributed by atoms with Crippen molar-refractivity contribution >= 4 is 34.0 Å². The van der Waals surface area contributed by atoms with Crippen molar-refractivity contribution in [3.63, 3.8) is 0 Å². The Bertz CT molecular complexity index is 396. The number of benzene rings is 1. The zero-order chi connectivity index (χ0) is 12.1. The number of hydrogen-bond acceptors (Lipinski definition) is 3. The molecule has 0 saturated carbocycles. The predicted molar refractivity (Wildman–Crippen MR) is 76.3 cm³/mol. The summed E-state index contributed by atoms with van der Waals surface area (Å²) >= 11 is 2.24. The molecule has 3 nitrogen and oxygen atoms in total. The van der Waals surface area contributed by atoms with Gasteiger partial charge in [0.2, 0.25) is 0 Å². The second-order valence-electron chi connectivity index (χ2n) is 3.90. The number of hydrogen-bond donors (Lipinski definition) is 1. The quantitative estimate of drug-likeness (QED) is 0.682. The van der Waals surface area contributed by atoms with E-state index in [9.17, 15) is 0 Å². The van der Waals surface area contributed by atoms with Crippen LogP contribution in [0.1, 0.15) is 20.3 Å². The Morgan fingerprint density at radius 3 is 2.69 bits per heavy atom. The molecule has 1 aromatic carbocycles. The maximum atomic E-state index is 8.65. The van der Waals surface area contributed by atoms with Crippen LogP contribution in [-0.4, -0.2) is 12.6 Å². The molecule has 0 amide bonds. The minimum Gasteiger partial charge on any atom is -0.397 e. The third kappa shape index (κ3) is 3.27. The van der Waals surface area contributed by atoms with Crippen molar-refractivity contribution in [1.29, 1.82) is 5.26 Å². The molecule has 0 aliphatic heterocycles. The Balaban J connectivity index is 2.97. The smallest absolute Gasteiger partial charge is 0.0640 e. The maximum Gasteiger partial charge on any atom is 0.0640 e. The topological polar surface area (TPSA) is 53.0 Å². The first-order chi connectivity index (χ1) is 7.56. The van der Waals surface area contributed by atoms with E-state index in [-0.39, 0.29) is 0 Å². The lowest BCUT2D eigenvalue weighted by Gasteiger charge is -2.29. The van der Waals surface area contributed by atoms with Gasteiger partial charge < -0.3 is 10.6 Å². The normalized spacial score (nSPS) is 10.2. The first-order valence-corrected chi connectivity index (χ1v) is 6.32. The molecule has 0 radical (unpaired) electrons. The van der Waals surface area contributed by atoms with Gasteiger partial charge in [-0.3, -0.25) is 0 Å². The molecule has 16 heavy (non-hydrogen) atoms. The first-order valence-electron chi connectivity index (χ1n) is 5.25. The number of rotatable bonds is 4. The maximum absolute atomic E-state index is 8.65. The zero-order valence-electron chi connectivity index (χ0n) is 9.57. The van der Waals surface area contributed by atoms with Crippen molar-refractivity contribution in [3.8, 4) is 6.07 Å². The van der Waals surface area contributed by atoms with Crippen LogP contribution in [0.5, 0.6) is 0 Å². The van der Waals surface area contributed by atoms with E-state index in [2.05, 4.69) is 47.4 Å². The van der Waals surface area contributed by atoms with Crippen LogP contribution in [0.2, 0.25) is 0 Å². The lowest BCUT2D eigenvalue weighted by atomic mass is 10.2. The van der Waals surface area contributed by atoms with Gasteiger partial charge in [0.15, 0.2) is 0 Å². The zero-order valence-corrected chi connectivity index (χ0v) is 11.7. The number of halogens is 1. The molecular weight excluding hydrogens is 313 g/mol. The van der Waals surface area contributed by atoms with Gasteiger partial charge in [0.25, 0.3) is 0 Å². The number of anilines is 2. The van der Waals surface area contributed by atoms with Gasteiger partial charge in [-0.2, -0.15) is 5.26 Å². The van der Waals surface area contributed by atoms with Crippen molar-refractivity contribution in [2.24, 2.45) is 0 Å². The fraction of sp³-hybridized carbons (Fsp3) is 0.417. The van der Waals surface area contributed by atoms with Crippen LogP contribution < -0.4 is 10.6 Å². The number of nitrogens with zero attached hydrogens (tertiary/aromatic N) is 2. The fourth-order valence-electron chi connectivity index (χ4n) is 1.61. The van der Waals surface area contributed by atoms with Crippen LogP contribution in [0.15, 0.2) is 18.2 Å². The molecule has 0 spiro atoms. The summed E-state index contributed by atoms with van der Waals surface area (Å²) < 4.78 is 1.13. The molecule has 2 N–H and O–H groups in total. The number of nitriles is 1. The summed E-state index contributed by atoms with van der Waals surface area (Å²) in [6, 6.07) is 8.53. The van der Waals surface area contributed by atoms with Crippen molar-refractivity contribution in [1.82, 2.24) is 0 Å². The van der Waals surface area contributed by atoms with Crippen molar-refractivity contribution in [2.45, 2.75) is 26.3 Å². The highest BCUT2D eigenvalue weighted by Crippen LogP contribution is 2.26. The van der Waals surface area contributed by atoms with E-state index in [1.807, 2.05) is 18.2 Å². The van der Waals surface area contributed by atoms with Crippen molar-refractivity contribution in [3.05, 3.63) is 21.8 Å². The van der Waals surface area contributed by atoms with E-state index in [1.165, 1.54) is 0 Å². The highest BCUT2D eigenvalue weighted by molar-refractivity contribution is 14.1. The van der Waals surface area contributed by atoms with Crippen molar-refractivity contribution < 1.29 is 0 Å². The van der Waals surface area contributed by atoms with Crippen molar-refractivity contribution in [2.75, 3.05) is 17.2 Å². The molecule has 86 valence electrons. The van der Waals surface area contributed by atoms with E-state index in [0.29, 0.717) is 12.5 Å². The Labute approximate surface area is 110 Å². The van der Waals surface area contributed by atoms with Gasteiger partial charge in [-0.1, -0.05) is 0 Å². The van der Waals surface area contributed by atoms with E-state index in [1.54, 1.807) is 0 Å². The Morgan fingerprint density at radius 2 is 2.19 bits per heavy atom. The van der Waals surface area contributed by atoms with Crippen LogP contribution in [0.25, 0.3) is 0 Å². The molecule has 0 unspecified atom stereocenters. The summed E-state index contributed by atoms with van der Waals surface area (Å²) in [5.74, 6) is 0. The summed E-state index contributed by atoms with van der Waals surface area (Å²) in [5, 5.41) is 8.65. The van der Waals surface area contributed by atoms with E-state index in [0.717, 1.165) is 21.5 Å². The number of nitrogen functional groups attached to an aromatic ring is 1. The summed E-state index contributed by atoms with van der Waals surface area (Å²) in [7, 11) is 0. The summed E-state index contributed by atoms with van der Waals surface area (Å²) in [4.78, 5) is 2.16. The molecule has 4 heteroatoms. The Hall–Kier alpha value is -0.960. The van der Waals surface area contributed by atoms with Gasteiger partial charge in [-0.25, -0.2) is 0 Å². The molecule has 0 fully saturated rings. The Kier molecular flexibility index (Phi) is 4.87. The first kappa shape index (κ1) is 13.1. The highest BCUT2D eigenvalue weighted by Gasteiger charge is 2.12. The lowest BCUT2D eigenvalue weighted by Crippen LogP contribution is -2.32. The third-order valence-corrected chi connectivity index (χ3v) is 3.06.